The van der Waals surface area contributed by atoms with E-state index in [1.165, 1.54) is 0 Å². The number of anilines is 1. The van der Waals surface area contributed by atoms with E-state index in [9.17, 15) is 4.79 Å². The first kappa shape index (κ1) is 18.2. The Morgan fingerprint density at radius 3 is 2.68 bits per heavy atom. The van der Waals surface area contributed by atoms with Crippen molar-refractivity contribution in [2.45, 2.75) is 26.8 Å². The van der Waals surface area contributed by atoms with Crippen molar-refractivity contribution in [3.05, 3.63) is 47.3 Å². The number of amides is 1. The molecule has 0 saturated carbocycles. The third-order valence-corrected chi connectivity index (χ3v) is 3.32. The standard InChI is InChI=1S/C16H22N4O.ClH/c1-4-14-13(11-20(3)19-14)16(21)18-15-9-7-6-8-12(15)10-17-5-2;/h6-9,11,17H,4-5,10H2,1-3H3,(H,18,21);1H. The van der Waals surface area contributed by atoms with Gasteiger partial charge in [-0.15, -0.1) is 12.4 Å². The first-order chi connectivity index (χ1) is 10.2. The SMILES string of the molecule is CCNCc1ccccc1NC(=O)c1cn(C)nc1CC.Cl. The van der Waals surface area contributed by atoms with E-state index < -0.39 is 0 Å². The number of aryl methyl sites for hydroxylation is 2. The van der Waals surface area contributed by atoms with Crippen LogP contribution >= 0.6 is 12.4 Å². The van der Waals surface area contributed by atoms with Gasteiger partial charge in [0.25, 0.3) is 5.91 Å². The Morgan fingerprint density at radius 2 is 2.00 bits per heavy atom. The van der Waals surface area contributed by atoms with Crippen molar-refractivity contribution in [1.29, 1.82) is 0 Å². The Labute approximate surface area is 137 Å². The fourth-order valence-electron chi connectivity index (χ4n) is 2.23. The van der Waals surface area contributed by atoms with E-state index in [0.29, 0.717) is 5.56 Å². The fourth-order valence-corrected chi connectivity index (χ4v) is 2.23. The number of nitrogens with one attached hydrogen (secondary N) is 2. The zero-order chi connectivity index (χ0) is 15.2. The van der Waals surface area contributed by atoms with Crippen LogP contribution in [0.2, 0.25) is 0 Å². The van der Waals surface area contributed by atoms with Crippen molar-refractivity contribution >= 4 is 24.0 Å². The summed E-state index contributed by atoms with van der Waals surface area (Å²) in [5.41, 5.74) is 3.38. The molecular formula is C16H23ClN4O. The Kier molecular flexibility index (Phi) is 7.08. The summed E-state index contributed by atoms with van der Waals surface area (Å²) >= 11 is 0. The number of hydrogen-bond donors (Lipinski definition) is 2. The molecule has 0 unspecified atom stereocenters. The van der Waals surface area contributed by atoms with Gasteiger partial charge in [0.2, 0.25) is 0 Å². The largest absolute Gasteiger partial charge is 0.322 e. The van der Waals surface area contributed by atoms with Gasteiger partial charge in [-0.1, -0.05) is 32.0 Å². The molecule has 0 bridgehead atoms. The molecule has 2 aromatic rings. The fraction of sp³-hybridized carbons (Fsp3) is 0.375. The highest BCUT2D eigenvalue weighted by Crippen LogP contribution is 2.17. The number of carbonyl (C=O) groups is 1. The van der Waals surface area contributed by atoms with Crippen molar-refractivity contribution in [3.8, 4) is 0 Å². The zero-order valence-corrected chi connectivity index (χ0v) is 14.0. The second kappa shape index (κ2) is 8.56. The molecule has 5 nitrogen and oxygen atoms in total. The van der Waals surface area contributed by atoms with Crippen LogP contribution < -0.4 is 10.6 Å². The van der Waals surface area contributed by atoms with Crippen LogP contribution in [-0.2, 0) is 20.0 Å². The summed E-state index contributed by atoms with van der Waals surface area (Å²) < 4.78 is 1.68. The number of para-hydroxylation sites is 1. The van der Waals surface area contributed by atoms with Gasteiger partial charge < -0.3 is 10.6 Å². The van der Waals surface area contributed by atoms with E-state index in [0.717, 1.165) is 36.5 Å². The lowest BCUT2D eigenvalue weighted by molar-refractivity contribution is 0.102. The van der Waals surface area contributed by atoms with E-state index in [2.05, 4.69) is 22.7 Å². The van der Waals surface area contributed by atoms with E-state index in [-0.39, 0.29) is 18.3 Å². The van der Waals surface area contributed by atoms with E-state index in [1.807, 2.05) is 38.2 Å². The Morgan fingerprint density at radius 1 is 1.27 bits per heavy atom. The van der Waals surface area contributed by atoms with Crippen molar-refractivity contribution < 1.29 is 4.79 Å². The maximum Gasteiger partial charge on any atom is 0.259 e. The number of hydrogen-bond acceptors (Lipinski definition) is 3. The second-order valence-electron chi connectivity index (χ2n) is 4.91. The average Bonchev–Trinajstić information content (AvgIpc) is 2.87. The number of halogens is 1. The number of benzene rings is 1. The lowest BCUT2D eigenvalue weighted by Gasteiger charge is -2.11. The van der Waals surface area contributed by atoms with Crippen molar-refractivity contribution in [2.24, 2.45) is 7.05 Å². The first-order valence-electron chi connectivity index (χ1n) is 7.28. The Hall–Kier alpha value is -1.85. The summed E-state index contributed by atoms with van der Waals surface area (Å²) in [7, 11) is 1.83. The molecule has 6 heteroatoms. The van der Waals surface area contributed by atoms with E-state index in [4.69, 9.17) is 0 Å². The molecule has 2 rings (SSSR count). The molecule has 1 amide bonds. The van der Waals surface area contributed by atoms with Crippen LogP contribution in [0.5, 0.6) is 0 Å². The normalized spacial score (nSPS) is 10.1. The zero-order valence-electron chi connectivity index (χ0n) is 13.2. The summed E-state index contributed by atoms with van der Waals surface area (Å²) in [4.78, 5) is 12.4. The molecule has 1 heterocycles. The highest BCUT2D eigenvalue weighted by Gasteiger charge is 2.15. The number of aromatic nitrogens is 2. The van der Waals surface area contributed by atoms with Gasteiger partial charge in [0.15, 0.2) is 0 Å². The number of nitrogens with zero attached hydrogens (tertiary/aromatic N) is 2. The molecule has 0 radical (unpaired) electrons. The number of carbonyl (C=O) groups excluding carboxylic acids is 1. The van der Waals surface area contributed by atoms with Crippen molar-refractivity contribution in [3.63, 3.8) is 0 Å². The Balaban J connectivity index is 0.00000242. The van der Waals surface area contributed by atoms with Gasteiger partial charge in [0.05, 0.1) is 11.3 Å². The summed E-state index contributed by atoms with van der Waals surface area (Å²) in [6, 6.07) is 7.84. The molecule has 0 fully saturated rings. The average molecular weight is 323 g/mol. The minimum absolute atomic E-state index is 0. The van der Waals surface area contributed by atoms with Crippen molar-refractivity contribution in [2.75, 3.05) is 11.9 Å². The van der Waals surface area contributed by atoms with E-state index in [1.54, 1.807) is 10.9 Å². The third-order valence-electron chi connectivity index (χ3n) is 3.32. The summed E-state index contributed by atoms with van der Waals surface area (Å²) in [6.45, 7) is 5.69. The quantitative estimate of drug-likeness (QED) is 0.859. The van der Waals surface area contributed by atoms with Crippen molar-refractivity contribution in [1.82, 2.24) is 15.1 Å². The first-order valence-corrected chi connectivity index (χ1v) is 7.28. The van der Waals surface area contributed by atoms with Crippen LogP contribution in [0.25, 0.3) is 0 Å². The van der Waals surface area contributed by atoms with Gasteiger partial charge in [0.1, 0.15) is 0 Å². The topological polar surface area (TPSA) is 58.9 Å². The van der Waals surface area contributed by atoms with Crippen LogP contribution in [0, 0.1) is 0 Å². The van der Waals surface area contributed by atoms with E-state index >= 15 is 0 Å². The van der Waals surface area contributed by atoms with Gasteiger partial charge in [-0.05, 0) is 24.6 Å². The molecule has 1 aromatic heterocycles. The predicted octanol–water partition coefficient (Wildman–Crippen LogP) is 2.77. The molecule has 0 atom stereocenters. The minimum Gasteiger partial charge on any atom is -0.322 e. The summed E-state index contributed by atoms with van der Waals surface area (Å²) in [5, 5.41) is 10.6. The van der Waals surface area contributed by atoms with Gasteiger partial charge >= 0.3 is 0 Å². The molecule has 0 saturated heterocycles. The molecule has 120 valence electrons. The maximum absolute atomic E-state index is 12.4. The molecule has 0 aliphatic carbocycles. The molecule has 0 aliphatic rings. The molecule has 1 aromatic carbocycles. The highest BCUT2D eigenvalue weighted by atomic mass is 35.5. The van der Waals surface area contributed by atoms with Crippen LogP contribution in [0.4, 0.5) is 5.69 Å². The van der Waals surface area contributed by atoms with Gasteiger partial charge in [-0.3, -0.25) is 9.48 Å². The molecule has 0 aliphatic heterocycles. The Bertz CT molecular complexity index is 624. The monoisotopic (exact) mass is 322 g/mol. The summed E-state index contributed by atoms with van der Waals surface area (Å²) in [5.74, 6) is -0.108. The number of rotatable bonds is 6. The third kappa shape index (κ3) is 4.32. The predicted molar refractivity (Wildman–Crippen MR) is 91.6 cm³/mol. The van der Waals surface area contributed by atoms with Crippen LogP contribution in [0.15, 0.2) is 30.5 Å². The van der Waals surface area contributed by atoms with Crippen LogP contribution in [-0.4, -0.2) is 22.2 Å². The minimum atomic E-state index is -0.108. The smallest absolute Gasteiger partial charge is 0.259 e. The lowest BCUT2D eigenvalue weighted by atomic mass is 10.1. The highest BCUT2D eigenvalue weighted by molar-refractivity contribution is 6.05. The maximum atomic E-state index is 12.4. The van der Waals surface area contributed by atoms with Crippen LogP contribution in [0.3, 0.4) is 0 Å². The van der Waals surface area contributed by atoms with Gasteiger partial charge in [0, 0.05) is 25.5 Å². The lowest BCUT2D eigenvalue weighted by Crippen LogP contribution is -2.17. The van der Waals surface area contributed by atoms with Gasteiger partial charge in [-0.25, -0.2) is 0 Å². The molecular weight excluding hydrogens is 300 g/mol. The summed E-state index contributed by atoms with van der Waals surface area (Å²) in [6.07, 6.45) is 2.50. The molecule has 2 N–H and O–H groups in total. The molecule has 22 heavy (non-hydrogen) atoms. The molecule has 0 spiro atoms. The van der Waals surface area contributed by atoms with Crippen LogP contribution in [0.1, 0.15) is 35.5 Å². The second-order valence-corrected chi connectivity index (χ2v) is 4.91. The van der Waals surface area contributed by atoms with Gasteiger partial charge in [-0.2, -0.15) is 5.10 Å².